The summed E-state index contributed by atoms with van der Waals surface area (Å²) in [6.45, 7) is 16.3. The van der Waals surface area contributed by atoms with Crippen LogP contribution in [-0.4, -0.2) is 97.2 Å². The summed E-state index contributed by atoms with van der Waals surface area (Å²) < 4.78 is 34.0. The highest BCUT2D eigenvalue weighted by Gasteiger charge is 2.64. The lowest BCUT2D eigenvalue weighted by molar-refractivity contribution is -0.164. The molecule has 0 radical (unpaired) electrons. The molecule has 13 heteroatoms. The van der Waals surface area contributed by atoms with Crippen LogP contribution < -0.4 is 30.3 Å². The molecule has 0 unspecified atom stereocenters. The number of imide groups is 1. The van der Waals surface area contributed by atoms with Gasteiger partial charge < -0.3 is 29.7 Å². The predicted molar refractivity (Wildman–Crippen MR) is 223 cm³/mol. The van der Waals surface area contributed by atoms with E-state index in [1.165, 1.54) is 12.1 Å². The van der Waals surface area contributed by atoms with Crippen molar-refractivity contribution in [3.05, 3.63) is 88.2 Å². The second-order valence-corrected chi connectivity index (χ2v) is 18.5. The van der Waals surface area contributed by atoms with Gasteiger partial charge >= 0.3 is 0 Å². The Hall–Kier alpha value is -5.45. The maximum Gasteiger partial charge on any atom is 0.254 e. The zero-order valence-electron chi connectivity index (χ0n) is 35.2. The van der Waals surface area contributed by atoms with Gasteiger partial charge in [-0.3, -0.25) is 29.4 Å². The van der Waals surface area contributed by atoms with Gasteiger partial charge in [0.15, 0.2) is 0 Å². The highest BCUT2D eigenvalue weighted by molar-refractivity contribution is 6.04. The van der Waals surface area contributed by atoms with Crippen molar-refractivity contribution in [3.63, 3.8) is 0 Å². The number of ether oxygens (including phenoxy) is 3. The molecule has 3 N–H and O–H groups in total. The van der Waals surface area contributed by atoms with Crippen LogP contribution in [0.3, 0.4) is 0 Å². The van der Waals surface area contributed by atoms with E-state index in [2.05, 4.69) is 59.4 Å². The number of morpholine rings is 1. The van der Waals surface area contributed by atoms with Gasteiger partial charge in [0.25, 0.3) is 11.8 Å². The van der Waals surface area contributed by atoms with E-state index in [4.69, 9.17) is 20.6 Å². The average Bonchev–Trinajstić information content (AvgIpc) is 3.17. The van der Waals surface area contributed by atoms with E-state index in [1.807, 2.05) is 50.2 Å². The fourth-order valence-corrected chi connectivity index (χ4v) is 10.3. The van der Waals surface area contributed by atoms with Crippen LogP contribution in [0, 0.1) is 42.8 Å². The molecule has 3 saturated heterocycles. The number of nitrogens with zero attached hydrogens (tertiary/aromatic N) is 2. The molecule has 5 fully saturated rings. The SMILES string of the molecule is C#Cc1c(C)cc(OC2C(C)(C)C(NC(=O)c3ccc(N4CC5(C4)CN(C4CC(Oc6ccc(C(=O)N[C@H]7CCC(=O)NC7=O)c(F)c6)C4)CCO5)cc3)C2(C)C)cc1C. The van der Waals surface area contributed by atoms with Crippen molar-refractivity contribution in [1.29, 1.82) is 0 Å². The average molecular weight is 820 g/mol. The highest BCUT2D eigenvalue weighted by Crippen LogP contribution is 2.55. The lowest BCUT2D eigenvalue weighted by Crippen LogP contribution is -2.74. The monoisotopic (exact) mass is 819 g/mol. The Morgan fingerprint density at radius 1 is 0.900 bits per heavy atom. The van der Waals surface area contributed by atoms with E-state index in [0.29, 0.717) is 24.0 Å². The number of nitrogens with one attached hydrogen (secondary N) is 3. The first-order chi connectivity index (χ1) is 28.5. The van der Waals surface area contributed by atoms with Crippen molar-refractivity contribution in [3.8, 4) is 23.8 Å². The highest BCUT2D eigenvalue weighted by atomic mass is 19.1. The number of amides is 4. The van der Waals surface area contributed by atoms with Gasteiger partial charge in [0, 0.05) is 78.1 Å². The molecule has 3 aliphatic heterocycles. The number of rotatable bonds is 10. The van der Waals surface area contributed by atoms with Crippen molar-refractivity contribution in [2.24, 2.45) is 10.8 Å². The van der Waals surface area contributed by atoms with E-state index in [1.54, 1.807) is 6.07 Å². The van der Waals surface area contributed by atoms with Gasteiger partial charge in [-0.2, -0.15) is 0 Å². The fourth-order valence-electron chi connectivity index (χ4n) is 10.3. The second-order valence-electron chi connectivity index (χ2n) is 18.5. The lowest BCUT2D eigenvalue weighted by Gasteiger charge is -2.63. The summed E-state index contributed by atoms with van der Waals surface area (Å²) in [6.07, 6.45) is 7.39. The van der Waals surface area contributed by atoms with Gasteiger partial charge in [0.1, 0.15) is 41.2 Å². The first-order valence-electron chi connectivity index (χ1n) is 20.9. The number of anilines is 1. The molecule has 0 aromatic heterocycles. The van der Waals surface area contributed by atoms with Gasteiger partial charge in [-0.1, -0.05) is 33.6 Å². The normalized spacial score (nSPS) is 26.4. The number of aryl methyl sites for hydroxylation is 2. The minimum Gasteiger partial charge on any atom is -0.490 e. The molecule has 3 heterocycles. The summed E-state index contributed by atoms with van der Waals surface area (Å²) in [7, 11) is 0. The summed E-state index contributed by atoms with van der Waals surface area (Å²) in [4.78, 5) is 54.4. The zero-order valence-corrected chi connectivity index (χ0v) is 35.2. The summed E-state index contributed by atoms with van der Waals surface area (Å²) in [5, 5.41) is 8.00. The van der Waals surface area contributed by atoms with Gasteiger partial charge in [0.2, 0.25) is 11.8 Å². The van der Waals surface area contributed by atoms with Crippen molar-refractivity contribution in [2.45, 2.75) is 103 Å². The molecule has 316 valence electrons. The first kappa shape index (κ1) is 41.3. The van der Waals surface area contributed by atoms with Crippen LogP contribution in [-0.2, 0) is 14.3 Å². The first-order valence-corrected chi connectivity index (χ1v) is 20.9. The maximum absolute atomic E-state index is 15.0. The van der Waals surface area contributed by atoms with Crippen LogP contribution in [0.2, 0.25) is 0 Å². The topological polar surface area (TPSA) is 139 Å². The van der Waals surface area contributed by atoms with Crippen LogP contribution >= 0.6 is 0 Å². The molecule has 4 amide bonds. The largest absolute Gasteiger partial charge is 0.490 e. The van der Waals surface area contributed by atoms with Crippen LogP contribution in [0.15, 0.2) is 54.6 Å². The van der Waals surface area contributed by atoms with E-state index in [0.717, 1.165) is 67.1 Å². The van der Waals surface area contributed by atoms with E-state index in [9.17, 15) is 23.6 Å². The minimum atomic E-state index is -0.888. The minimum absolute atomic E-state index is 0.0764. The number of terminal acetylenes is 1. The number of halogens is 1. The van der Waals surface area contributed by atoms with Crippen molar-refractivity contribution >= 4 is 29.3 Å². The summed E-state index contributed by atoms with van der Waals surface area (Å²) in [6, 6.07) is 15.2. The van der Waals surface area contributed by atoms with E-state index >= 15 is 0 Å². The molecular weight excluding hydrogens is 766 g/mol. The molecular formula is C47H54FN5O7. The standard InChI is InChI=1S/C47H54FN5O7/c1-8-35-27(2)19-33(20-28(35)3)60-44-45(4,5)43(46(44,6)7)51-40(55)29-9-11-30(12-10-29)53-25-47(26-53)24-52(17-18-58-47)31-21-34(22-31)59-32-13-14-36(37(48)23-32)41(56)49-38-15-16-39(54)50-42(38)57/h1,9-14,19-20,23,31,34,38,43-44H,15-18,21-22,24-26H2,2-7H3,(H,49,56)(H,51,55)(H,50,54,57)/t31?,34?,38-,43?,44?/m0/s1. The summed E-state index contributed by atoms with van der Waals surface area (Å²) in [5.74, 6) is 1.33. The molecule has 60 heavy (non-hydrogen) atoms. The Labute approximate surface area is 350 Å². The van der Waals surface area contributed by atoms with Crippen LogP contribution in [0.4, 0.5) is 10.1 Å². The Morgan fingerprint density at radius 2 is 1.58 bits per heavy atom. The molecule has 8 rings (SSSR count). The van der Waals surface area contributed by atoms with E-state index < -0.39 is 29.6 Å². The quantitative estimate of drug-likeness (QED) is 0.189. The third kappa shape index (κ3) is 7.71. The molecule has 3 aromatic rings. The lowest BCUT2D eigenvalue weighted by atomic mass is 9.49. The Bertz CT molecular complexity index is 2220. The van der Waals surface area contributed by atoms with Gasteiger partial charge in [-0.25, -0.2) is 4.39 Å². The number of carbonyl (C=O) groups excluding carboxylic acids is 4. The second kappa shape index (κ2) is 15.5. The molecule has 5 aliphatic rings. The van der Waals surface area contributed by atoms with Crippen molar-refractivity contribution in [1.82, 2.24) is 20.9 Å². The van der Waals surface area contributed by atoms with Crippen molar-refractivity contribution in [2.75, 3.05) is 37.7 Å². The molecule has 2 aliphatic carbocycles. The molecule has 12 nitrogen and oxygen atoms in total. The van der Waals surface area contributed by atoms with Gasteiger partial charge in [-0.15, -0.1) is 6.42 Å². The number of hydrogen-bond acceptors (Lipinski definition) is 9. The molecule has 0 bridgehead atoms. The van der Waals surface area contributed by atoms with E-state index in [-0.39, 0.29) is 59.0 Å². The van der Waals surface area contributed by atoms with Gasteiger partial charge in [0.05, 0.1) is 25.3 Å². The number of carbonyl (C=O) groups is 4. The van der Waals surface area contributed by atoms with Crippen LogP contribution in [0.5, 0.6) is 11.5 Å². The van der Waals surface area contributed by atoms with Crippen LogP contribution in [0.1, 0.15) is 90.8 Å². The number of hydrogen-bond donors (Lipinski definition) is 3. The molecule has 1 spiro atoms. The molecule has 1 atom stereocenters. The molecule has 2 saturated carbocycles. The zero-order chi connectivity index (χ0) is 42.7. The summed E-state index contributed by atoms with van der Waals surface area (Å²) in [5.41, 5.74) is 3.48. The van der Waals surface area contributed by atoms with Crippen LogP contribution in [0.25, 0.3) is 0 Å². The fraction of sp³-hybridized carbons (Fsp3) is 0.489. The van der Waals surface area contributed by atoms with Gasteiger partial charge in [-0.05, 0) is 79.9 Å². The smallest absolute Gasteiger partial charge is 0.254 e. The Morgan fingerprint density at radius 3 is 2.22 bits per heavy atom. The van der Waals surface area contributed by atoms with Crippen molar-refractivity contribution < 1.29 is 37.8 Å². The summed E-state index contributed by atoms with van der Waals surface area (Å²) >= 11 is 0. The number of piperidine rings is 1. The predicted octanol–water partition coefficient (Wildman–Crippen LogP) is 5.07. The Balaban J connectivity index is 0.791. The maximum atomic E-state index is 15.0. The third-order valence-corrected chi connectivity index (χ3v) is 13.4. The third-order valence-electron chi connectivity index (χ3n) is 13.4. The molecule has 3 aromatic carbocycles. The Kier molecular flexibility index (Phi) is 10.7. The number of benzene rings is 3.